The average Bonchev–Trinajstić information content (AvgIpc) is 2.48. The lowest BCUT2D eigenvalue weighted by Crippen LogP contribution is -2.39. The standard InChI is InChI=1S/C15H15N3O2/c1-2-17-9-8-14(19)18(15(17)20)11-13(10-16)12-6-4-3-5-7-12/h3-9,13H,2,11H2,1H3. The zero-order chi connectivity index (χ0) is 14.5. The minimum Gasteiger partial charge on any atom is -0.301 e. The number of benzene rings is 1. The smallest absolute Gasteiger partial charge is 0.301 e. The Balaban J connectivity index is 2.42. The van der Waals surface area contributed by atoms with E-state index < -0.39 is 5.92 Å². The van der Waals surface area contributed by atoms with Gasteiger partial charge in [0, 0.05) is 18.8 Å². The van der Waals surface area contributed by atoms with E-state index in [1.165, 1.54) is 16.8 Å². The predicted molar refractivity (Wildman–Crippen MR) is 75.4 cm³/mol. The van der Waals surface area contributed by atoms with Gasteiger partial charge in [0.25, 0.3) is 5.56 Å². The monoisotopic (exact) mass is 269 g/mol. The average molecular weight is 269 g/mol. The molecule has 1 heterocycles. The highest BCUT2D eigenvalue weighted by atomic mass is 16.2. The van der Waals surface area contributed by atoms with E-state index in [2.05, 4.69) is 6.07 Å². The summed E-state index contributed by atoms with van der Waals surface area (Å²) in [6.45, 7) is 2.38. The second-order valence-electron chi connectivity index (χ2n) is 4.43. The van der Waals surface area contributed by atoms with Gasteiger partial charge in [0.05, 0.1) is 18.5 Å². The molecule has 1 aromatic heterocycles. The topological polar surface area (TPSA) is 67.8 Å². The van der Waals surface area contributed by atoms with Crippen LogP contribution in [0.2, 0.25) is 0 Å². The van der Waals surface area contributed by atoms with Crippen LogP contribution in [0.4, 0.5) is 0 Å². The molecule has 0 saturated carbocycles. The Morgan fingerprint density at radius 1 is 1.20 bits per heavy atom. The van der Waals surface area contributed by atoms with Crippen molar-refractivity contribution in [3.05, 3.63) is 69.0 Å². The molecular weight excluding hydrogens is 254 g/mol. The molecule has 0 spiro atoms. The lowest BCUT2D eigenvalue weighted by Gasteiger charge is -2.12. The zero-order valence-corrected chi connectivity index (χ0v) is 11.2. The number of rotatable bonds is 4. The molecule has 0 amide bonds. The predicted octanol–water partition coefficient (Wildman–Crippen LogP) is 1.34. The number of aromatic nitrogens is 2. The van der Waals surface area contributed by atoms with Gasteiger partial charge in [0.2, 0.25) is 0 Å². The van der Waals surface area contributed by atoms with Gasteiger partial charge in [-0.1, -0.05) is 30.3 Å². The Morgan fingerprint density at radius 2 is 1.90 bits per heavy atom. The summed E-state index contributed by atoms with van der Waals surface area (Å²) in [4.78, 5) is 24.0. The molecule has 2 rings (SSSR count). The Morgan fingerprint density at radius 3 is 2.50 bits per heavy atom. The van der Waals surface area contributed by atoms with E-state index in [1.807, 2.05) is 37.3 Å². The van der Waals surface area contributed by atoms with Crippen LogP contribution in [0.1, 0.15) is 18.4 Å². The summed E-state index contributed by atoms with van der Waals surface area (Å²) in [5, 5.41) is 9.27. The molecule has 0 radical (unpaired) electrons. The van der Waals surface area contributed by atoms with Crippen LogP contribution in [0.25, 0.3) is 0 Å². The fraction of sp³-hybridized carbons (Fsp3) is 0.267. The third-order valence-corrected chi connectivity index (χ3v) is 3.20. The van der Waals surface area contributed by atoms with Crippen LogP contribution < -0.4 is 11.2 Å². The second kappa shape index (κ2) is 6.02. The van der Waals surface area contributed by atoms with Gasteiger partial charge in [-0.15, -0.1) is 0 Å². The summed E-state index contributed by atoms with van der Waals surface area (Å²) in [7, 11) is 0. The Bertz CT molecular complexity index is 738. The first kappa shape index (κ1) is 13.8. The van der Waals surface area contributed by atoms with Crippen molar-refractivity contribution in [2.75, 3.05) is 0 Å². The van der Waals surface area contributed by atoms with Gasteiger partial charge >= 0.3 is 5.69 Å². The first-order valence-corrected chi connectivity index (χ1v) is 6.42. The largest absolute Gasteiger partial charge is 0.330 e. The molecule has 0 aliphatic heterocycles. The third kappa shape index (κ3) is 2.69. The minimum absolute atomic E-state index is 0.0685. The van der Waals surface area contributed by atoms with Gasteiger partial charge in [-0.25, -0.2) is 4.79 Å². The van der Waals surface area contributed by atoms with Crippen LogP contribution >= 0.6 is 0 Å². The van der Waals surface area contributed by atoms with Crippen LogP contribution in [-0.4, -0.2) is 9.13 Å². The number of nitrogens with zero attached hydrogens (tertiary/aromatic N) is 3. The Labute approximate surface area is 116 Å². The molecule has 0 bridgehead atoms. The fourth-order valence-corrected chi connectivity index (χ4v) is 2.05. The molecule has 5 nitrogen and oxygen atoms in total. The van der Waals surface area contributed by atoms with E-state index in [1.54, 1.807) is 0 Å². The summed E-state index contributed by atoms with van der Waals surface area (Å²) in [5.41, 5.74) is 0.0419. The summed E-state index contributed by atoms with van der Waals surface area (Å²) in [6, 6.07) is 12.7. The SMILES string of the molecule is CCn1ccc(=O)n(CC(C#N)c2ccccc2)c1=O. The van der Waals surface area contributed by atoms with Gasteiger partial charge in [0.1, 0.15) is 0 Å². The molecule has 2 aromatic rings. The zero-order valence-electron chi connectivity index (χ0n) is 11.2. The Kier molecular flexibility index (Phi) is 4.16. The molecular formula is C15H15N3O2. The summed E-state index contributed by atoms with van der Waals surface area (Å²) in [6.07, 6.45) is 1.48. The van der Waals surface area contributed by atoms with Gasteiger partial charge in [0.15, 0.2) is 0 Å². The van der Waals surface area contributed by atoms with Gasteiger partial charge in [-0.3, -0.25) is 9.36 Å². The number of aryl methyl sites for hydroxylation is 1. The minimum atomic E-state index is -0.519. The van der Waals surface area contributed by atoms with Crippen LogP contribution in [0.15, 0.2) is 52.2 Å². The molecule has 0 aliphatic rings. The maximum Gasteiger partial charge on any atom is 0.330 e. The van der Waals surface area contributed by atoms with Crippen molar-refractivity contribution >= 4 is 0 Å². The number of hydrogen-bond acceptors (Lipinski definition) is 3. The molecule has 0 saturated heterocycles. The lowest BCUT2D eigenvalue weighted by molar-refractivity contribution is 0.543. The molecule has 1 aromatic carbocycles. The molecule has 0 aliphatic carbocycles. The molecule has 20 heavy (non-hydrogen) atoms. The van der Waals surface area contributed by atoms with E-state index in [9.17, 15) is 14.9 Å². The summed E-state index contributed by atoms with van der Waals surface area (Å²) < 4.78 is 2.56. The van der Waals surface area contributed by atoms with Crippen molar-refractivity contribution < 1.29 is 0 Å². The normalized spacial score (nSPS) is 11.8. The van der Waals surface area contributed by atoms with Crippen molar-refractivity contribution in [2.45, 2.75) is 25.9 Å². The van der Waals surface area contributed by atoms with Gasteiger partial charge in [-0.2, -0.15) is 5.26 Å². The van der Waals surface area contributed by atoms with Crippen molar-refractivity contribution in [3.63, 3.8) is 0 Å². The summed E-state index contributed by atoms with van der Waals surface area (Å²) >= 11 is 0. The van der Waals surface area contributed by atoms with E-state index >= 15 is 0 Å². The lowest BCUT2D eigenvalue weighted by atomic mass is 10.0. The van der Waals surface area contributed by atoms with Gasteiger partial charge in [-0.05, 0) is 12.5 Å². The molecule has 5 heteroatoms. The molecule has 0 fully saturated rings. The van der Waals surface area contributed by atoms with E-state index in [4.69, 9.17) is 0 Å². The Hall–Kier alpha value is -2.61. The molecule has 0 N–H and O–H groups in total. The van der Waals surface area contributed by atoms with E-state index in [0.717, 1.165) is 10.1 Å². The van der Waals surface area contributed by atoms with Gasteiger partial charge < -0.3 is 4.57 Å². The summed E-state index contributed by atoms with van der Waals surface area (Å²) in [5.74, 6) is -0.519. The highest BCUT2D eigenvalue weighted by molar-refractivity contribution is 5.24. The maximum absolute atomic E-state index is 12.1. The fourth-order valence-electron chi connectivity index (χ4n) is 2.05. The van der Waals surface area contributed by atoms with Crippen LogP contribution in [0.5, 0.6) is 0 Å². The number of hydrogen-bond donors (Lipinski definition) is 0. The van der Waals surface area contributed by atoms with Crippen LogP contribution in [0.3, 0.4) is 0 Å². The first-order valence-electron chi connectivity index (χ1n) is 6.42. The molecule has 1 unspecified atom stereocenters. The molecule has 1 atom stereocenters. The first-order chi connectivity index (χ1) is 9.67. The quantitative estimate of drug-likeness (QED) is 0.841. The highest BCUT2D eigenvalue weighted by Gasteiger charge is 2.14. The van der Waals surface area contributed by atoms with Crippen LogP contribution in [-0.2, 0) is 13.1 Å². The van der Waals surface area contributed by atoms with Crippen LogP contribution in [0, 0.1) is 11.3 Å². The molecule has 102 valence electrons. The van der Waals surface area contributed by atoms with E-state index in [0.29, 0.717) is 6.54 Å². The van der Waals surface area contributed by atoms with Crippen molar-refractivity contribution in [3.8, 4) is 6.07 Å². The third-order valence-electron chi connectivity index (χ3n) is 3.20. The van der Waals surface area contributed by atoms with Crippen molar-refractivity contribution in [2.24, 2.45) is 0 Å². The van der Waals surface area contributed by atoms with E-state index in [-0.39, 0.29) is 17.8 Å². The van der Waals surface area contributed by atoms with Crippen molar-refractivity contribution in [1.82, 2.24) is 9.13 Å². The van der Waals surface area contributed by atoms with Crippen molar-refractivity contribution in [1.29, 1.82) is 5.26 Å². The number of nitriles is 1. The second-order valence-corrected chi connectivity index (χ2v) is 4.43. The maximum atomic E-state index is 12.1. The highest BCUT2D eigenvalue weighted by Crippen LogP contribution is 2.15.